The summed E-state index contributed by atoms with van der Waals surface area (Å²) in [5.41, 5.74) is 8.18. The van der Waals surface area contributed by atoms with E-state index in [4.69, 9.17) is 4.98 Å². The van der Waals surface area contributed by atoms with Crippen molar-refractivity contribution in [2.24, 2.45) is 7.05 Å². The number of fused-ring (bicyclic) bond motifs is 9. The van der Waals surface area contributed by atoms with E-state index in [0.717, 1.165) is 27.8 Å². The molecule has 0 atom stereocenters. The van der Waals surface area contributed by atoms with Crippen molar-refractivity contribution >= 4 is 49.7 Å². The van der Waals surface area contributed by atoms with Crippen LogP contribution < -0.4 is 0 Å². The Labute approximate surface area is 143 Å². The number of hydrogen-bond acceptors (Lipinski definition) is 1. The van der Waals surface area contributed by atoms with Crippen molar-refractivity contribution in [3.05, 3.63) is 60.2 Å². The Balaban J connectivity index is 1.89. The lowest BCUT2D eigenvalue weighted by molar-refractivity contribution is 1.02. The van der Waals surface area contributed by atoms with Gasteiger partial charge in [-0.05, 0) is 42.8 Å². The molecule has 120 valence electrons. The van der Waals surface area contributed by atoms with Crippen molar-refractivity contribution < 1.29 is 0 Å². The standard InChI is InChI=1S/C21H16N4/c1-12-7-8-13-14-9-10-17-19(20(14)24(2)18(13)11-12)23-21-22-15-5-3-4-6-16(15)25(17)21/h3-11H,1-2H3,(H,22,23). The first kappa shape index (κ1) is 13.1. The monoisotopic (exact) mass is 324 g/mol. The van der Waals surface area contributed by atoms with Gasteiger partial charge in [0, 0.05) is 23.3 Å². The van der Waals surface area contributed by atoms with Crippen molar-refractivity contribution in [3.8, 4) is 0 Å². The number of imidazole rings is 2. The number of H-pyrrole nitrogens is 1. The second-order valence-electron chi connectivity index (χ2n) is 6.82. The summed E-state index contributed by atoms with van der Waals surface area (Å²) in [5, 5.41) is 2.54. The zero-order valence-corrected chi connectivity index (χ0v) is 14.0. The van der Waals surface area contributed by atoms with Crippen molar-refractivity contribution in [2.45, 2.75) is 6.92 Å². The molecule has 4 heteroatoms. The minimum atomic E-state index is 0.894. The molecule has 0 fully saturated rings. The molecule has 0 aliphatic rings. The van der Waals surface area contributed by atoms with E-state index in [1.54, 1.807) is 0 Å². The van der Waals surface area contributed by atoms with Gasteiger partial charge in [0.2, 0.25) is 5.78 Å². The van der Waals surface area contributed by atoms with Crippen LogP contribution in [0.25, 0.3) is 49.7 Å². The fraction of sp³-hybridized carbons (Fsp3) is 0.0952. The average Bonchev–Trinajstić information content (AvgIpc) is 3.23. The van der Waals surface area contributed by atoms with Gasteiger partial charge in [-0.15, -0.1) is 0 Å². The summed E-state index contributed by atoms with van der Waals surface area (Å²) in [6.45, 7) is 2.14. The van der Waals surface area contributed by atoms with Crippen LogP contribution in [0.1, 0.15) is 5.56 Å². The third-order valence-corrected chi connectivity index (χ3v) is 5.33. The first-order valence-electron chi connectivity index (χ1n) is 8.49. The summed E-state index contributed by atoms with van der Waals surface area (Å²) in [7, 11) is 2.13. The summed E-state index contributed by atoms with van der Waals surface area (Å²) in [6, 6.07) is 19.4. The normalized spacial score (nSPS) is 12.4. The molecular formula is C21H16N4. The van der Waals surface area contributed by atoms with Crippen LogP contribution >= 0.6 is 0 Å². The molecule has 4 nitrogen and oxygen atoms in total. The predicted octanol–water partition coefficient (Wildman–Crippen LogP) is 4.92. The number of para-hydroxylation sites is 2. The van der Waals surface area contributed by atoms with Crippen LogP contribution in [0.3, 0.4) is 0 Å². The molecule has 0 radical (unpaired) electrons. The van der Waals surface area contributed by atoms with Gasteiger partial charge in [-0.2, -0.15) is 0 Å². The second-order valence-corrected chi connectivity index (χ2v) is 6.82. The van der Waals surface area contributed by atoms with Crippen LogP contribution in [0.2, 0.25) is 0 Å². The van der Waals surface area contributed by atoms with Gasteiger partial charge in [0.05, 0.1) is 22.1 Å². The maximum Gasteiger partial charge on any atom is 0.213 e. The molecule has 25 heavy (non-hydrogen) atoms. The summed E-state index contributed by atoms with van der Waals surface area (Å²) in [5.74, 6) is 0.894. The van der Waals surface area contributed by atoms with E-state index in [1.807, 2.05) is 6.07 Å². The van der Waals surface area contributed by atoms with Gasteiger partial charge < -0.3 is 9.55 Å². The number of aromatic nitrogens is 4. The van der Waals surface area contributed by atoms with E-state index in [9.17, 15) is 0 Å². The second kappa shape index (κ2) is 4.22. The number of nitrogens with zero attached hydrogens (tertiary/aromatic N) is 3. The lowest BCUT2D eigenvalue weighted by atomic mass is 10.1. The van der Waals surface area contributed by atoms with Crippen molar-refractivity contribution in [2.75, 3.05) is 0 Å². The van der Waals surface area contributed by atoms with Gasteiger partial charge >= 0.3 is 0 Å². The molecule has 1 N–H and O–H groups in total. The van der Waals surface area contributed by atoms with Crippen molar-refractivity contribution in [3.63, 3.8) is 0 Å². The molecule has 3 heterocycles. The van der Waals surface area contributed by atoms with Gasteiger partial charge in [-0.3, -0.25) is 4.40 Å². The Kier molecular flexibility index (Phi) is 2.21. The maximum absolute atomic E-state index is 4.95. The molecule has 0 unspecified atom stereocenters. The van der Waals surface area contributed by atoms with Crippen LogP contribution in [0, 0.1) is 6.92 Å². The smallest absolute Gasteiger partial charge is 0.213 e. The third-order valence-electron chi connectivity index (χ3n) is 5.33. The van der Waals surface area contributed by atoms with Crippen LogP contribution in [0.4, 0.5) is 0 Å². The van der Waals surface area contributed by atoms with Gasteiger partial charge in [0.15, 0.2) is 0 Å². The van der Waals surface area contributed by atoms with Crippen LogP contribution in [0.5, 0.6) is 0 Å². The van der Waals surface area contributed by atoms with E-state index in [1.165, 1.54) is 27.4 Å². The van der Waals surface area contributed by atoms with Gasteiger partial charge in [-0.25, -0.2) is 4.98 Å². The summed E-state index contributed by atoms with van der Waals surface area (Å²) in [6.07, 6.45) is 0. The maximum atomic E-state index is 4.95. The molecule has 6 rings (SSSR count). The molecule has 6 aromatic rings. The first-order chi connectivity index (χ1) is 12.2. The summed E-state index contributed by atoms with van der Waals surface area (Å²) in [4.78, 5) is 8.38. The SMILES string of the molecule is Cc1ccc2c3ccc4c(nc5[nH]c6ccccc6n54)c3n(C)c2c1. The largest absolute Gasteiger partial charge is 0.342 e. The van der Waals surface area contributed by atoms with E-state index < -0.39 is 0 Å². The summed E-state index contributed by atoms with van der Waals surface area (Å²) >= 11 is 0. The lowest BCUT2D eigenvalue weighted by Crippen LogP contribution is -1.88. The van der Waals surface area contributed by atoms with Crippen LogP contribution in [0.15, 0.2) is 54.6 Å². The Morgan fingerprint density at radius 1 is 0.880 bits per heavy atom. The Bertz CT molecular complexity index is 1460. The Morgan fingerprint density at radius 2 is 1.72 bits per heavy atom. The molecule has 3 aromatic heterocycles. The Hall–Kier alpha value is -3.27. The molecule has 3 aromatic carbocycles. The van der Waals surface area contributed by atoms with E-state index >= 15 is 0 Å². The number of rotatable bonds is 0. The highest BCUT2D eigenvalue weighted by atomic mass is 15.1. The van der Waals surface area contributed by atoms with Gasteiger partial charge in [-0.1, -0.05) is 24.3 Å². The Morgan fingerprint density at radius 3 is 2.64 bits per heavy atom. The van der Waals surface area contributed by atoms with E-state index in [-0.39, 0.29) is 0 Å². The van der Waals surface area contributed by atoms with E-state index in [0.29, 0.717) is 0 Å². The van der Waals surface area contributed by atoms with E-state index in [2.05, 4.69) is 76.5 Å². The number of nitrogens with one attached hydrogen (secondary N) is 1. The number of aryl methyl sites for hydroxylation is 2. The number of hydrogen-bond donors (Lipinski definition) is 1. The van der Waals surface area contributed by atoms with Crippen molar-refractivity contribution in [1.82, 2.24) is 18.9 Å². The number of aromatic amines is 1. The predicted molar refractivity (Wildman–Crippen MR) is 103 cm³/mol. The molecule has 0 saturated carbocycles. The van der Waals surface area contributed by atoms with Crippen LogP contribution in [-0.2, 0) is 7.05 Å². The topological polar surface area (TPSA) is 38.0 Å². The highest BCUT2D eigenvalue weighted by Crippen LogP contribution is 2.34. The third kappa shape index (κ3) is 1.50. The summed E-state index contributed by atoms with van der Waals surface area (Å²) < 4.78 is 4.49. The minimum Gasteiger partial charge on any atom is -0.342 e. The molecule has 0 aliphatic heterocycles. The minimum absolute atomic E-state index is 0.894. The first-order valence-corrected chi connectivity index (χ1v) is 8.49. The number of benzene rings is 3. The highest BCUT2D eigenvalue weighted by Gasteiger charge is 2.17. The lowest BCUT2D eigenvalue weighted by Gasteiger charge is -2.00. The highest BCUT2D eigenvalue weighted by molar-refractivity contribution is 6.17. The fourth-order valence-corrected chi connectivity index (χ4v) is 4.18. The zero-order valence-electron chi connectivity index (χ0n) is 14.0. The molecule has 0 saturated heterocycles. The van der Waals surface area contributed by atoms with Gasteiger partial charge in [0.1, 0.15) is 5.52 Å². The fourth-order valence-electron chi connectivity index (χ4n) is 4.18. The average molecular weight is 324 g/mol. The molecule has 0 amide bonds. The van der Waals surface area contributed by atoms with Crippen LogP contribution in [-0.4, -0.2) is 18.9 Å². The molecule has 0 spiro atoms. The zero-order chi connectivity index (χ0) is 16.7. The molecular weight excluding hydrogens is 308 g/mol. The molecule has 0 aliphatic carbocycles. The molecule has 0 bridgehead atoms. The quantitative estimate of drug-likeness (QED) is 0.423. The van der Waals surface area contributed by atoms with Gasteiger partial charge in [0.25, 0.3) is 0 Å². The van der Waals surface area contributed by atoms with Crippen molar-refractivity contribution in [1.29, 1.82) is 0 Å².